The molecule has 2 heterocycles. The Kier molecular flexibility index (Phi) is 3.68. The van der Waals surface area contributed by atoms with Crippen molar-refractivity contribution in [2.24, 2.45) is 24.8 Å². The third kappa shape index (κ3) is 2.67. The van der Waals surface area contributed by atoms with Gasteiger partial charge in [0.1, 0.15) is 5.69 Å². The summed E-state index contributed by atoms with van der Waals surface area (Å²) in [7, 11) is 1.84. The topological polar surface area (TPSA) is 38.1 Å². The molecule has 1 aliphatic carbocycles. The molecule has 23 heavy (non-hydrogen) atoms. The van der Waals surface area contributed by atoms with Gasteiger partial charge in [-0.25, -0.2) is 0 Å². The lowest BCUT2D eigenvalue weighted by molar-refractivity contribution is 0.0765. The van der Waals surface area contributed by atoms with Crippen LogP contribution in [0.3, 0.4) is 0 Å². The first-order chi connectivity index (χ1) is 11.2. The van der Waals surface area contributed by atoms with Gasteiger partial charge in [-0.3, -0.25) is 9.48 Å². The second-order valence-electron chi connectivity index (χ2n) is 7.00. The number of carbonyl (C=O) groups is 1. The molecule has 4 rings (SSSR count). The Morgan fingerprint density at radius 2 is 2.00 bits per heavy atom. The Bertz CT molecular complexity index is 694. The zero-order chi connectivity index (χ0) is 15.8. The van der Waals surface area contributed by atoms with Gasteiger partial charge in [-0.15, -0.1) is 0 Å². The van der Waals surface area contributed by atoms with Gasteiger partial charge < -0.3 is 4.90 Å². The van der Waals surface area contributed by atoms with Crippen molar-refractivity contribution in [2.45, 2.75) is 19.3 Å². The number of hydrogen-bond acceptors (Lipinski definition) is 2. The molecule has 0 N–H and O–H groups in total. The third-order valence-electron chi connectivity index (χ3n) is 5.67. The summed E-state index contributed by atoms with van der Waals surface area (Å²) in [6.45, 7) is 1.83. The Morgan fingerprint density at radius 3 is 2.74 bits per heavy atom. The quantitative estimate of drug-likeness (QED) is 0.874. The molecule has 1 aliphatic heterocycles. The van der Waals surface area contributed by atoms with Crippen LogP contribution in [0.5, 0.6) is 0 Å². The van der Waals surface area contributed by atoms with Crippen molar-refractivity contribution >= 4 is 5.91 Å². The summed E-state index contributed by atoms with van der Waals surface area (Å²) in [4.78, 5) is 14.7. The number of rotatable bonds is 3. The van der Waals surface area contributed by atoms with Crippen molar-refractivity contribution in [3.8, 4) is 0 Å². The van der Waals surface area contributed by atoms with Crippen LogP contribution in [0.15, 0.2) is 42.6 Å². The van der Waals surface area contributed by atoms with E-state index < -0.39 is 0 Å². The lowest BCUT2D eigenvalue weighted by Crippen LogP contribution is -2.31. The van der Waals surface area contributed by atoms with Crippen molar-refractivity contribution in [2.75, 3.05) is 13.1 Å². The first kappa shape index (κ1) is 14.5. The van der Waals surface area contributed by atoms with Crippen LogP contribution < -0.4 is 0 Å². The summed E-state index contributed by atoms with van der Waals surface area (Å²) in [5, 5.41) is 4.12. The van der Waals surface area contributed by atoms with E-state index in [0.29, 0.717) is 23.4 Å². The Morgan fingerprint density at radius 1 is 1.17 bits per heavy atom. The van der Waals surface area contributed by atoms with Gasteiger partial charge in [0.25, 0.3) is 5.91 Å². The Hall–Kier alpha value is -2.10. The molecule has 0 radical (unpaired) electrons. The van der Waals surface area contributed by atoms with Crippen LogP contribution in [0, 0.1) is 17.8 Å². The molecule has 0 spiro atoms. The molecule has 4 heteroatoms. The summed E-state index contributed by atoms with van der Waals surface area (Å²) in [5.41, 5.74) is 2.12. The fraction of sp³-hybridized carbons (Fsp3) is 0.474. The molecular formula is C19H23N3O. The van der Waals surface area contributed by atoms with E-state index in [1.165, 1.54) is 18.4 Å². The Balaban J connectivity index is 1.45. The Labute approximate surface area is 137 Å². The summed E-state index contributed by atoms with van der Waals surface area (Å²) in [6, 6.07) is 12.6. The highest BCUT2D eigenvalue weighted by Crippen LogP contribution is 2.43. The van der Waals surface area contributed by atoms with E-state index in [2.05, 4.69) is 35.4 Å². The average Bonchev–Trinajstić information content (AvgIpc) is 3.25. The number of fused-ring (bicyclic) bond motifs is 1. The van der Waals surface area contributed by atoms with Crippen LogP contribution in [-0.2, 0) is 13.5 Å². The average molecular weight is 309 g/mol. The predicted molar refractivity (Wildman–Crippen MR) is 89.0 cm³/mol. The molecule has 0 bridgehead atoms. The molecule has 1 amide bonds. The normalized spacial score (nSPS) is 26.5. The highest BCUT2D eigenvalue weighted by molar-refractivity contribution is 5.92. The third-order valence-corrected chi connectivity index (χ3v) is 5.67. The summed E-state index contributed by atoms with van der Waals surface area (Å²) >= 11 is 0. The van der Waals surface area contributed by atoms with Crippen molar-refractivity contribution in [1.29, 1.82) is 0 Å². The zero-order valence-electron chi connectivity index (χ0n) is 13.6. The van der Waals surface area contributed by atoms with Crippen molar-refractivity contribution < 1.29 is 4.79 Å². The monoisotopic (exact) mass is 309 g/mol. The number of hydrogen-bond donors (Lipinski definition) is 0. The van der Waals surface area contributed by atoms with Crippen LogP contribution in [0.4, 0.5) is 0 Å². The molecule has 0 unspecified atom stereocenters. The molecule has 120 valence electrons. The molecule has 1 saturated heterocycles. The van der Waals surface area contributed by atoms with Crippen molar-refractivity contribution in [3.05, 3.63) is 53.9 Å². The minimum Gasteiger partial charge on any atom is -0.337 e. The van der Waals surface area contributed by atoms with Crippen LogP contribution in [0.1, 0.15) is 28.9 Å². The predicted octanol–water partition coefficient (Wildman–Crippen LogP) is 2.76. The molecule has 2 aliphatic rings. The SMILES string of the molecule is Cn1nccc1C(=O)N1C[C@H]2CC[C@H](Cc3ccccc3)[C@H]2C1. The van der Waals surface area contributed by atoms with E-state index in [9.17, 15) is 4.79 Å². The van der Waals surface area contributed by atoms with Crippen LogP contribution in [0.25, 0.3) is 0 Å². The molecule has 2 fully saturated rings. The minimum atomic E-state index is 0.137. The van der Waals surface area contributed by atoms with Crippen LogP contribution in [-0.4, -0.2) is 33.7 Å². The van der Waals surface area contributed by atoms with Gasteiger partial charge in [0.2, 0.25) is 0 Å². The van der Waals surface area contributed by atoms with Gasteiger partial charge in [0, 0.05) is 26.3 Å². The highest BCUT2D eigenvalue weighted by Gasteiger charge is 2.44. The van der Waals surface area contributed by atoms with Gasteiger partial charge in [0.05, 0.1) is 0 Å². The lowest BCUT2D eigenvalue weighted by atomic mass is 9.87. The van der Waals surface area contributed by atoms with E-state index in [-0.39, 0.29) is 5.91 Å². The maximum absolute atomic E-state index is 12.7. The molecule has 1 aromatic carbocycles. The van der Waals surface area contributed by atoms with E-state index in [1.54, 1.807) is 10.9 Å². The molecular weight excluding hydrogens is 286 g/mol. The van der Waals surface area contributed by atoms with Crippen LogP contribution in [0.2, 0.25) is 0 Å². The standard InChI is InChI=1S/C19H23N3O/c1-21-18(9-10-20-21)19(23)22-12-16-8-7-15(17(16)13-22)11-14-5-3-2-4-6-14/h2-6,9-10,15-17H,7-8,11-13H2,1H3/t15-,16-,17-/m1/s1. The number of nitrogens with zero attached hydrogens (tertiary/aromatic N) is 3. The molecule has 1 aromatic heterocycles. The van der Waals surface area contributed by atoms with Gasteiger partial charge >= 0.3 is 0 Å². The van der Waals surface area contributed by atoms with Crippen molar-refractivity contribution in [3.63, 3.8) is 0 Å². The molecule has 1 saturated carbocycles. The maximum atomic E-state index is 12.7. The molecule has 3 atom stereocenters. The van der Waals surface area contributed by atoms with E-state index in [0.717, 1.165) is 19.5 Å². The van der Waals surface area contributed by atoms with Gasteiger partial charge in [0.15, 0.2) is 0 Å². The maximum Gasteiger partial charge on any atom is 0.272 e. The first-order valence-electron chi connectivity index (χ1n) is 8.53. The van der Waals surface area contributed by atoms with E-state index >= 15 is 0 Å². The summed E-state index contributed by atoms with van der Waals surface area (Å²) < 4.78 is 1.68. The lowest BCUT2D eigenvalue weighted by Gasteiger charge is -2.21. The van der Waals surface area contributed by atoms with Crippen molar-refractivity contribution in [1.82, 2.24) is 14.7 Å². The smallest absolute Gasteiger partial charge is 0.272 e. The molecule has 2 aromatic rings. The fourth-order valence-corrected chi connectivity index (χ4v) is 4.46. The summed E-state index contributed by atoms with van der Waals surface area (Å²) in [6.07, 6.45) is 5.41. The van der Waals surface area contributed by atoms with Crippen LogP contribution >= 0.6 is 0 Å². The second kappa shape index (κ2) is 5.84. The number of amides is 1. The summed E-state index contributed by atoms with van der Waals surface area (Å²) in [5.74, 6) is 2.19. The van der Waals surface area contributed by atoms with Gasteiger partial charge in [-0.2, -0.15) is 5.10 Å². The minimum absolute atomic E-state index is 0.137. The zero-order valence-corrected chi connectivity index (χ0v) is 13.6. The molecule has 4 nitrogen and oxygen atoms in total. The number of carbonyl (C=O) groups excluding carboxylic acids is 1. The van der Waals surface area contributed by atoms with E-state index in [4.69, 9.17) is 0 Å². The number of aromatic nitrogens is 2. The van der Waals surface area contributed by atoms with Gasteiger partial charge in [-0.05, 0) is 48.6 Å². The van der Waals surface area contributed by atoms with Gasteiger partial charge in [-0.1, -0.05) is 30.3 Å². The highest BCUT2D eigenvalue weighted by atomic mass is 16.2. The number of aryl methyl sites for hydroxylation is 1. The van der Waals surface area contributed by atoms with E-state index in [1.807, 2.05) is 18.0 Å². The fourth-order valence-electron chi connectivity index (χ4n) is 4.46. The first-order valence-corrected chi connectivity index (χ1v) is 8.53. The second-order valence-corrected chi connectivity index (χ2v) is 7.00. The number of likely N-dealkylation sites (tertiary alicyclic amines) is 1. The largest absolute Gasteiger partial charge is 0.337 e. The number of benzene rings is 1.